The molecule has 0 radical (unpaired) electrons. The van der Waals surface area contributed by atoms with Gasteiger partial charge >= 0.3 is 0 Å². The number of aliphatic hydroxyl groups excluding tert-OH is 1. The zero-order valence-corrected chi connectivity index (χ0v) is 9.58. The molecule has 0 saturated heterocycles. The van der Waals surface area contributed by atoms with Gasteiger partial charge in [0.1, 0.15) is 18.2 Å². The van der Waals surface area contributed by atoms with Crippen LogP contribution in [0.25, 0.3) is 0 Å². The van der Waals surface area contributed by atoms with Crippen molar-refractivity contribution in [3.8, 4) is 5.75 Å². The molecule has 2 rings (SSSR count). The highest BCUT2D eigenvalue weighted by molar-refractivity contribution is 5.33. The summed E-state index contributed by atoms with van der Waals surface area (Å²) < 4.78 is 5.39. The van der Waals surface area contributed by atoms with E-state index in [2.05, 4.69) is 9.97 Å². The van der Waals surface area contributed by atoms with Crippen molar-refractivity contribution in [2.75, 3.05) is 6.61 Å². The number of hydrogen-bond acceptors (Lipinski definition) is 4. The second-order valence-electron chi connectivity index (χ2n) is 3.58. The van der Waals surface area contributed by atoms with Crippen LogP contribution in [0.3, 0.4) is 0 Å². The monoisotopic (exact) mass is 230 g/mol. The van der Waals surface area contributed by atoms with Crippen LogP contribution in [0, 0.1) is 0 Å². The van der Waals surface area contributed by atoms with Crippen molar-refractivity contribution in [1.82, 2.24) is 9.97 Å². The number of hydrogen-bond donors (Lipinski definition) is 1. The van der Waals surface area contributed by atoms with Crippen LogP contribution >= 0.6 is 0 Å². The second-order valence-corrected chi connectivity index (χ2v) is 3.58. The summed E-state index contributed by atoms with van der Waals surface area (Å²) in [6, 6.07) is 7.38. The van der Waals surface area contributed by atoms with Crippen LogP contribution in [0.4, 0.5) is 0 Å². The van der Waals surface area contributed by atoms with Gasteiger partial charge in [-0.1, -0.05) is 12.1 Å². The Kier molecular flexibility index (Phi) is 3.67. The van der Waals surface area contributed by atoms with Crippen molar-refractivity contribution in [2.45, 2.75) is 13.0 Å². The topological polar surface area (TPSA) is 55.2 Å². The summed E-state index contributed by atoms with van der Waals surface area (Å²) in [5.41, 5.74) is 1.44. The standard InChI is InChI=1S/C13H14N2O2/c1-2-17-12-5-3-4-10(6-12)13(16)11-7-14-9-15-8-11/h3-9,13,16H,2H2,1H3. The van der Waals surface area contributed by atoms with Gasteiger partial charge in [0.05, 0.1) is 6.61 Å². The number of rotatable bonds is 4. The van der Waals surface area contributed by atoms with E-state index in [-0.39, 0.29) is 0 Å². The minimum Gasteiger partial charge on any atom is -0.494 e. The zero-order chi connectivity index (χ0) is 12.1. The van der Waals surface area contributed by atoms with Crippen LogP contribution in [0.2, 0.25) is 0 Å². The molecule has 1 aromatic carbocycles. The molecule has 0 bridgehead atoms. The summed E-state index contributed by atoms with van der Waals surface area (Å²) in [5, 5.41) is 10.1. The maximum Gasteiger partial charge on any atom is 0.119 e. The molecule has 0 aliphatic carbocycles. The molecular weight excluding hydrogens is 216 g/mol. The van der Waals surface area contributed by atoms with E-state index < -0.39 is 6.10 Å². The SMILES string of the molecule is CCOc1cccc(C(O)c2cncnc2)c1. The molecule has 17 heavy (non-hydrogen) atoms. The molecule has 4 nitrogen and oxygen atoms in total. The molecule has 4 heteroatoms. The largest absolute Gasteiger partial charge is 0.494 e. The molecule has 1 N–H and O–H groups in total. The van der Waals surface area contributed by atoms with E-state index in [1.807, 2.05) is 31.2 Å². The van der Waals surface area contributed by atoms with Crippen LogP contribution in [-0.2, 0) is 0 Å². The molecule has 88 valence electrons. The lowest BCUT2D eigenvalue weighted by molar-refractivity contribution is 0.218. The van der Waals surface area contributed by atoms with E-state index in [4.69, 9.17) is 4.74 Å². The smallest absolute Gasteiger partial charge is 0.119 e. The molecule has 0 aliphatic heterocycles. The number of nitrogens with zero attached hydrogens (tertiary/aromatic N) is 2. The van der Waals surface area contributed by atoms with Crippen LogP contribution in [0.5, 0.6) is 5.75 Å². The van der Waals surface area contributed by atoms with Gasteiger partial charge in [-0.15, -0.1) is 0 Å². The van der Waals surface area contributed by atoms with E-state index >= 15 is 0 Å². The first-order valence-electron chi connectivity index (χ1n) is 5.47. The molecule has 0 saturated carbocycles. The van der Waals surface area contributed by atoms with Gasteiger partial charge in [0, 0.05) is 18.0 Å². The number of aromatic nitrogens is 2. The second kappa shape index (κ2) is 5.41. The molecule has 1 unspecified atom stereocenters. The Morgan fingerprint density at radius 2 is 2.00 bits per heavy atom. The lowest BCUT2D eigenvalue weighted by Gasteiger charge is -2.12. The molecule has 0 fully saturated rings. The third-order valence-corrected chi connectivity index (χ3v) is 2.38. The van der Waals surface area contributed by atoms with Gasteiger partial charge in [-0.2, -0.15) is 0 Å². The Morgan fingerprint density at radius 1 is 1.24 bits per heavy atom. The maximum atomic E-state index is 10.1. The van der Waals surface area contributed by atoms with Crippen molar-refractivity contribution in [1.29, 1.82) is 0 Å². The Bertz CT molecular complexity index is 474. The molecule has 1 atom stereocenters. The first-order chi connectivity index (χ1) is 8.31. The van der Waals surface area contributed by atoms with Crippen LogP contribution in [-0.4, -0.2) is 21.7 Å². The van der Waals surface area contributed by atoms with Crippen molar-refractivity contribution >= 4 is 0 Å². The van der Waals surface area contributed by atoms with E-state index in [1.165, 1.54) is 6.33 Å². The lowest BCUT2D eigenvalue weighted by atomic mass is 10.0. The fourth-order valence-electron chi connectivity index (χ4n) is 1.59. The predicted molar refractivity (Wildman–Crippen MR) is 63.7 cm³/mol. The highest BCUT2D eigenvalue weighted by Gasteiger charge is 2.11. The molecule has 0 aliphatic rings. The van der Waals surface area contributed by atoms with Gasteiger partial charge in [-0.25, -0.2) is 9.97 Å². The van der Waals surface area contributed by atoms with Crippen molar-refractivity contribution < 1.29 is 9.84 Å². The van der Waals surface area contributed by atoms with Crippen LogP contribution in [0.15, 0.2) is 43.0 Å². The molecular formula is C13H14N2O2. The first kappa shape index (κ1) is 11.5. The first-order valence-corrected chi connectivity index (χ1v) is 5.47. The number of benzene rings is 1. The Morgan fingerprint density at radius 3 is 2.71 bits per heavy atom. The van der Waals surface area contributed by atoms with Crippen LogP contribution < -0.4 is 4.74 Å². The van der Waals surface area contributed by atoms with Gasteiger partial charge in [-0.3, -0.25) is 0 Å². The third kappa shape index (κ3) is 2.79. The van der Waals surface area contributed by atoms with Gasteiger partial charge < -0.3 is 9.84 Å². The van der Waals surface area contributed by atoms with E-state index in [0.717, 1.165) is 11.3 Å². The minimum absolute atomic E-state index is 0.605. The van der Waals surface area contributed by atoms with E-state index in [1.54, 1.807) is 12.4 Å². The van der Waals surface area contributed by atoms with Crippen molar-refractivity contribution in [2.24, 2.45) is 0 Å². The van der Waals surface area contributed by atoms with Gasteiger partial charge in [0.2, 0.25) is 0 Å². The lowest BCUT2D eigenvalue weighted by Crippen LogP contribution is -2.01. The summed E-state index contributed by atoms with van der Waals surface area (Å²) in [6.07, 6.45) is 3.92. The Labute approximate surface area is 99.9 Å². The fourth-order valence-corrected chi connectivity index (χ4v) is 1.59. The van der Waals surface area contributed by atoms with E-state index in [9.17, 15) is 5.11 Å². The summed E-state index contributed by atoms with van der Waals surface area (Å²) in [6.45, 7) is 2.53. The summed E-state index contributed by atoms with van der Waals surface area (Å²) in [4.78, 5) is 7.78. The maximum absolute atomic E-state index is 10.1. The molecule has 0 amide bonds. The highest BCUT2D eigenvalue weighted by atomic mass is 16.5. The quantitative estimate of drug-likeness (QED) is 0.872. The predicted octanol–water partition coefficient (Wildman–Crippen LogP) is 1.96. The normalized spacial score (nSPS) is 12.1. The molecule has 1 heterocycles. The zero-order valence-electron chi connectivity index (χ0n) is 9.58. The Balaban J connectivity index is 2.25. The van der Waals surface area contributed by atoms with E-state index in [0.29, 0.717) is 12.2 Å². The van der Waals surface area contributed by atoms with Crippen molar-refractivity contribution in [3.05, 3.63) is 54.1 Å². The summed E-state index contributed by atoms with van der Waals surface area (Å²) in [5.74, 6) is 0.751. The molecule has 0 spiro atoms. The molecule has 1 aromatic heterocycles. The summed E-state index contributed by atoms with van der Waals surface area (Å²) in [7, 11) is 0. The third-order valence-electron chi connectivity index (χ3n) is 2.38. The number of ether oxygens (including phenoxy) is 1. The van der Waals surface area contributed by atoms with Gasteiger partial charge in [-0.05, 0) is 24.6 Å². The minimum atomic E-state index is -0.725. The van der Waals surface area contributed by atoms with Gasteiger partial charge in [0.25, 0.3) is 0 Å². The highest BCUT2D eigenvalue weighted by Crippen LogP contribution is 2.23. The van der Waals surface area contributed by atoms with Gasteiger partial charge in [0.15, 0.2) is 0 Å². The average molecular weight is 230 g/mol. The average Bonchev–Trinajstić information content (AvgIpc) is 2.40. The fraction of sp³-hybridized carbons (Fsp3) is 0.231. The molecule has 2 aromatic rings. The number of aliphatic hydroxyl groups is 1. The summed E-state index contributed by atoms with van der Waals surface area (Å²) >= 11 is 0. The Hall–Kier alpha value is -1.94. The van der Waals surface area contributed by atoms with Crippen molar-refractivity contribution in [3.63, 3.8) is 0 Å². The van der Waals surface area contributed by atoms with Crippen LogP contribution in [0.1, 0.15) is 24.2 Å².